The number of esters is 2. The second kappa shape index (κ2) is 38.0. The maximum Gasteiger partial charge on any atom is 0.472 e. The fourth-order valence-corrected chi connectivity index (χ4v) is 6.68. The van der Waals surface area contributed by atoms with E-state index in [2.05, 4.69) is 24.4 Å². The summed E-state index contributed by atoms with van der Waals surface area (Å²) in [5, 5.41) is 18.3. The highest BCUT2D eigenvalue weighted by atomic mass is 31.2. The van der Waals surface area contributed by atoms with E-state index in [1.54, 1.807) is 0 Å². The van der Waals surface area contributed by atoms with E-state index in [0.29, 0.717) is 12.8 Å². The van der Waals surface area contributed by atoms with Gasteiger partial charge in [0.05, 0.1) is 19.8 Å². The van der Waals surface area contributed by atoms with Gasteiger partial charge in [0.25, 0.3) is 0 Å². The van der Waals surface area contributed by atoms with Crippen molar-refractivity contribution in [3.8, 4) is 0 Å². The van der Waals surface area contributed by atoms with Gasteiger partial charge in [-0.25, -0.2) is 4.57 Å². The number of ether oxygens (including phenoxy) is 2. The molecule has 0 fully saturated rings. The summed E-state index contributed by atoms with van der Waals surface area (Å²) in [6.45, 7) is 2.36. The molecule has 10 nitrogen and oxygen atoms in total. The van der Waals surface area contributed by atoms with Crippen molar-refractivity contribution in [1.29, 1.82) is 0 Å². The Morgan fingerprint density at radius 3 is 1.46 bits per heavy atom. The molecule has 0 aromatic heterocycles. The van der Waals surface area contributed by atoms with E-state index in [1.165, 1.54) is 128 Å². The van der Waals surface area contributed by atoms with Crippen LogP contribution >= 0.6 is 7.82 Å². The minimum atomic E-state index is -4.62. The molecule has 0 aromatic carbocycles. The smallest absolute Gasteiger partial charge is 0.462 e. The molecule has 0 radical (unpaired) electrons. The molecule has 52 heavy (non-hydrogen) atoms. The van der Waals surface area contributed by atoms with E-state index >= 15 is 0 Å². The molecule has 0 saturated heterocycles. The van der Waals surface area contributed by atoms with Crippen LogP contribution in [0.4, 0.5) is 0 Å². The topological polar surface area (TPSA) is 149 Å². The van der Waals surface area contributed by atoms with Crippen LogP contribution in [0.3, 0.4) is 0 Å². The summed E-state index contributed by atoms with van der Waals surface area (Å²) in [4.78, 5) is 34.9. The molecular weight excluding hydrogens is 683 g/mol. The molecule has 3 atom stereocenters. The quantitative estimate of drug-likeness (QED) is 0.0238. The molecule has 0 saturated carbocycles. The largest absolute Gasteiger partial charge is 0.472 e. The van der Waals surface area contributed by atoms with Crippen LogP contribution in [0.2, 0.25) is 0 Å². The predicted molar refractivity (Wildman–Crippen MR) is 210 cm³/mol. The lowest BCUT2D eigenvalue weighted by molar-refractivity contribution is -0.161. The summed E-state index contributed by atoms with van der Waals surface area (Å²) in [5.74, 6) is -0.972. The Kier molecular flexibility index (Phi) is 37.1. The standard InChI is InChI=1S/C41H79O10P/c1-3-5-7-9-11-13-15-17-19-21-23-25-27-29-31-33-41(45)51-39(37-50-52(46,47)49-35-38(43)34-42)36-48-40(44)32-30-28-26-24-22-20-18-16-14-12-10-8-6-4-2/h27,29,38-39,42-43H,3-26,28,30-37H2,1-2H3,(H,46,47)/b29-27+/t38-,39+/m0/s1. The molecule has 3 N–H and O–H groups in total. The lowest BCUT2D eigenvalue weighted by Crippen LogP contribution is -2.29. The molecule has 308 valence electrons. The Balaban J connectivity index is 4.33. The summed E-state index contributed by atoms with van der Waals surface area (Å²) in [6, 6.07) is 0. The first kappa shape index (κ1) is 50.7. The Morgan fingerprint density at radius 1 is 0.558 bits per heavy atom. The minimum absolute atomic E-state index is 0.105. The molecule has 0 rings (SSSR count). The van der Waals surface area contributed by atoms with Crippen LogP contribution < -0.4 is 0 Å². The van der Waals surface area contributed by atoms with Gasteiger partial charge in [-0.1, -0.05) is 174 Å². The maximum absolute atomic E-state index is 12.6. The predicted octanol–water partition coefficient (Wildman–Crippen LogP) is 10.8. The lowest BCUT2D eigenvalue weighted by atomic mass is 10.0. The van der Waals surface area contributed by atoms with Crippen molar-refractivity contribution in [2.24, 2.45) is 0 Å². The maximum atomic E-state index is 12.6. The number of unbranched alkanes of at least 4 members (excludes halogenated alkanes) is 24. The van der Waals surface area contributed by atoms with Gasteiger partial charge in [0.2, 0.25) is 0 Å². The van der Waals surface area contributed by atoms with E-state index in [0.717, 1.165) is 32.1 Å². The first-order chi connectivity index (χ1) is 25.2. The molecule has 0 aliphatic carbocycles. The third kappa shape index (κ3) is 37.0. The van der Waals surface area contributed by atoms with Crippen molar-refractivity contribution in [2.45, 2.75) is 212 Å². The monoisotopic (exact) mass is 763 g/mol. The number of aliphatic hydroxyl groups excluding tert-OH is 2. The van der Waals surface area contributed by atoms with E-state index in [1.807, 2.05) is 6.08 Å². The lowest BCUT2D eigenvalue weighted by Gasteiger charge is -2.20. The number of carbonyl (C=O) groups is 2. The number of hydrogen-bond acceptors (Lipinski definition) is 9. The van der Waals surface area contributed by atoms with E-state index in [-0.39, 0.29) is 19.4 Å². The van der Waals surface area contributed by atoms with Crippen LogP contribution in [0.5, 0.6) is 0 Å². The Hall–Kier alpha value is -1.29. The van der Waals surface area contributed by atoms with Gasteiger partial charge in [-0.15, -0.1) is 0 Å². The highest BCUT2D eigenvalue weighted by Crippen LogP contribution is 2.43. The van der Waals surface area contributed by atoms with E-state index < -0.39 is 51.8 Å². The Labute approximate surface area is 317 Å². The van der Waals surface area contributed by atoms with Gasteiger partial charge >= 0.3 is 19.8 Å². The highest BCUT2D eigenvalue weighted by molar-refractivity contribution is 7.47. The van der Waals surface area contributed by atoms with Crippen molar-refractivity contribution in [3.63, 3.8) is 0 Å². The molecule has 0 aliphatic heterocycles. The van der Waals surface area contributed by atoms with Crippen LogP contribution in [0.25, 0.3) is 0 Å². The second-order valence-electron chi connectivity index (χ2n) is 14.4. The van der Waals surface area contributed by atoms with Crippen molar-refractivity contribution in [2.75, 3.05) is 26.4 Å². The molecule has 0 amide bonds. The fraction of sp³-hybridized carbons (Fsp3) is 0.902. The molecule has 0 aromatic rings. The summed E-state index contributed by atoms with van der Waals surface area (Å²) in [6.07, 6.45) is 34.7. The second-order valence-corrected chi connectivity index (χ2v) is 15.8. The summed E-state index contributed by atoms with van der Waals surface area (Å²) in [7, 11) is -4.62. The number of carbonyl (C=O) groups excluding carboxylic acids is 2. The summed E-state index contributed by atoms with van der Waals surface area (Å²) >= 11 is 0. The molecular formula is C41H79O10P. The van der Waals surface area contributed by atoms with Crippen LogP contribution in [-0.2, 0) is 32.7 Å². The molecule has 1 unspecified atom stereocenters. The van der Waals surface area contributed by atoms with Gasteiger partial charge in [-0.05, 0) is 25.7 Å². The SMILES string of the molecule is CCCCCCCCCCCCC/C=C/CCC(=O)O[C@H](COC(=O)CCCCCCCCCCCCCCCC)COP(=O)(O)OC[C@@H](O)CO. The third-order valence-corrected chi connectivity index (χ3v) is 10.1. The summed E-state index contributed by atoms with van der Waals surface area (Å²) < 4.78 is 32.6. The van der Waals surface area contributed by atoms with Crippen molar-refractivity contribution in [3.05, 3.63) is 12.2 Å². The fourth-order valence-electron chi connectivity index (χ4n) is 5.89. The number of phosphoric acid groups is 1. The average molecular weight is 763 g/mol. The van der Waals surface area contributed by atoms with Gasteiger partial charge in [0, 0.05) is 12.8 Å². The van der Waals surface area contributed by atoms with Gasteiger partial charge in [0.15, 0.2) is 6.10 Å². The molecule has 0 spiro atoms. The highest BCUT2D eigenvalue weighted by Gasteiger charge is 2.27. The van der Waals surface area contributed by atoms with E-state index in [9.17, 15) is 24.2 Å². The van der Waals surface area contributed by atoms with Crippen LogP contribution in [0.1, 0.15) is 200 Å². The first-order valence-electron chi connectivity index (χ1n) is 21.1. The molecule has 0 bridgehead atoms. The van der Waals surface area contributed by atoms with Gasteiger partial charge in [-0.2, -0.15) is 0 Å². The van der Waals surface area contributed by atoms with Gasteiger partial charge in [0.1, 0.15) is 12.7 Å². The number of hydrogen-bond donors (Lipinski definition) is 3. The molecule has 0 heterocycles. The van der Waals surface area contributed by atoms with Crippen molar-refractivity contribution < 1.29 is 47.8 Å². The zero-order valence-electron chi connectivity index (χ0n) is 33.3. The summed E-state index contributed by atoms with van der Waals surface area (Å²) in [5.41, 5.74) is 0. The van der Waals surface area contributed by atoms with Gasteiger partial charge in [-0.3, -0.25) is 18.6 Å². The molecule has 11 heteroatoms. The van der Waals surface area contributed by atoms with E-state index in [4.69, 9.17) is 19.1 Å². The Bertz CT molecular complexity index is 884. The number of phosphoric ester groups is 1. The normalized spacial score (nSPS) is 14.0. The zero-order valence-corrected chi connectivity index (χ0v) is 34.2. The Morgan fingerprint density at radius 2 is 0.981 bits per heavy atom. The number of allylic oxidation sites excluding steroid dienone is 2. The van der Waals surface area contributed by atoms with Crippen LogP contribution in [-0.4, -0.2) is 65.7 Å². The van der Waals surface area contributed by atoms with Gasteiger partial charge < -0.3 is 24.6 Å². The minimum Gasteiger partial charge on any atom is -0.462 e. The van der Waals surface area contributed by atoms with Crippen LogP contribution in [0, 0.1) is 0 Å². The number of rotatable bonds is 40. The first-order valence-corrected chi connectivity index (χ1v) is 22.6. The van der Waals surface area contributed by atoms with Crippen molar-refractivity contribution in [1.82, 2.24) is 0 Å². The average Bonchev–Trinajstić information content (AvgIpc) is 3.13. The molecule has 0 aliphatic rings. The van der Waals surface area contributed by atoms with Crippen LogP contribution in [0.15, 0.2) is 12.2 Å². The number of aliphatic hydroxyl groups is 2. The third-order valence-electron chi connectivity index (χ3n) is 9.18. The zero-order chi connectivity index (χ0) is 38.4. The van der Waals surface area contributed by atoms with Crippen molar-refractivity contribution >= 4 is 19.8 Å².